The number of rotatable bonds is 21. The number of aromatic nitrogens is 4. The Balaban J connectivity index is 0.779. The number of aliphatic hydroxyl groups excluding tert-OH is 2. The van der Waals surface area contributed by atoms with Gasteiger partial charge in [0.25, 0.3) is 5.91 Å². The summed E-state index contributed by atoms with van der Waals surface area (Å²) in [4.78, 5) is 71.2. The minimum atomic E-state index is -5.82. The number of hydrogen-bond donors (Lipinski definition) is 8. The number of phosphoric ester groups is 2. The van der Waals surface area contributed by atoms with E-state index in [9.17, 15) is 53.3 Å². The summed E-state index contributed by atoms with van der Waals surface area (Å²) >= 11 is 0. The van der Waals surface area contributed by atoms with E-state index >= 15 is 0 Å². The fraction of sp³-hybridized carbons (Fsp3) is 0.447. The summed E-state index contributed by atoms with van der Waals surface area (Å²) in [6, 6.07) is 12.9. The number of carboxylic acid groups (broad SMARTS) is 1. The molecule has 0 aliphatic carbocycles. The zero-order chi connectivity index (χ0) is 53.4. The summed E-state index contributed by atoms with van der Waals surface area (Å²) in [6.45, 7) is 6.50. The zero-order valence-electron chi connectivity index (χ0n) is 40.9. The third-order valence-corrected chi connectivity index (χ3v) is 17.8. The number of nitrogens with one attached hydrogen (secondary N) is 1. The number of phosphoric acid groups is 3. The van der Waals surface area contributed by atoms with Gasteiger partial charge in [-0.3, -0.25) is 18.4 Å². The SMILES string of the molecule is CCN1CCCc2cc3c(cc21)Oc1cc2c(cc1=C3c1cc(C(=O)NCCCCCCOP(=O)(O)OP(=O)(O)OP(=O)(O)OC[C@H]3O[C@@H](n4cnc5c(N)ncnc54)[C@H](O)[C@@H]3O)ccc1C(=O)O)CCC[N+]=2CC. The molecule has 7 atom stereocenters. The van der Waals surface area contributed by atoms with Crippen molar-refractivity contribution in [1.82, 2.24) is 29.4 Å². The van der Waals surface area contributed by atoms with E-state index in [1.807, 2.05) is 0 Å². The number of imidazole rings is 1. The van der Waals surface area contributed by atoms with Gasteiger partial charge in [0, 0.05) is 65.3 Å². The number of fused-ring (bicyclic) bond motifs is 5. The largest absolute Gasteiger partial charge is 0.490 e. The average Bonchev–Trinajstić information content (AvgIpc) is 3.92. The fourth-order valence-corrected chi connectivity index (χ4v) is 13.5. The van der Waals surface area contributed by atoms with Gasteiger partial charge in [-0.25, -0.2) is 38.0 Å². The van der Waals surface area contributed by atoms with Crippen LogP contribution in [-0.2, 0) is 48.9 Å². The molecule has 4 aliphatic rings. The van der Waals surface area contributed by atoms with Crippen LogP contribution in [0.25, 0.3) is 16.7 Å². The number of aromatic carboxylic acids is 1. The molecule has 5 aromatic rings. The molecular weight excluding hydrogens is 1040 g/mol. The van der Waals surface area contributed by atoms with Crippen molar-refractivity contribution in [2.45, 2.75) is 89.8 Å². The Bertz CT molecular complexity index is 3320. The van der Waals surface area contributed by atoms with Crippen LogP contribution in [0.2, 0.25) is 0 Å². The van der Waals surface area contributed by atoms with Crippen molar-refractivity contribution in [3.63, 3.8) is 0 Å². The first-order chi connectivity index (χ1) is 35.8. The molecule has 0 saturated carbocycles. The van der Waals surface area contributed by atoms with Crippen LogP contribution in [0.4, 0.5) is 11.5 Å². The maximum Gasteiger partial charge on any atom is 0.490 e. The number of unbranched alkanes of at least 4 members (excludes halogenated alkanes) is 3. The number of ether oxygens (including phenoxy) is 2. The van der Waals surface area contributed by atoms with Crippen molar-refractivity contribution in [1.29, 1.82) is 0 Å². The Morgan fingerprint density at radius 3 is 2.39 bits per heavy atom. The van der Waals surface area contributed by atoms with Crippen molar-refractivity contribution in [3.05, 3.63) is 99.1 Å². The van der Waals surface area contributed by atoms with Crippen LogP contribution in [0.15, 0.2) is 55.1 Å². The second kappa shape index (κ2) is 22.2. The first-order valence-corrected chi connectivity index (χ1v) is 29.0. The number of amides is 1. The normalized spacial score (nSPS) is 21.5. The van der Waals surface area contributed by atoms with Crippen LogP contribution in [0.5, 0.6) is 11.5 Å². The predicted molar refractivity (Wildman–Crippen MR) is 268 cm³/mol. The minimum Gasteiger partial charge on any atom is -0.478 e. The monoisotopic (exact) mass is 1100 g/mol. The van der Waals surface area contributed by atoms with E-state index < -0.39 is 73.1 Å². The van der Waals surface area contributed by atoms with Gasteiger partial charge in [-0.05, 0) is 87.4 Å². The summed E-state index contributed by atoms with van der Waals surface area (Å²) in [5.41, 5.74) is 11.6. The maximum absolute atomic E-state index is 13.7. The van der Waals surface area contributed by atoms with Crippen molar-refractivity contribution >= 4 is 63.6 Å². The average molecular weight is 1100 g/mol. The molecule has 0 radical (unpaired) electrons. The molecule has 1 fully saturated rings. The van der Waals surface area contributed by atoms with Gasteiger partial charge < -0.3 is 55.4 Å². The molecule has 25 nitrogen and oxygen atoms in total. The topological polar surface area (TPSA) is 350 Å². The number of carbonyl (C=O) groups excluding carboxylic acids is 1. The number of hydrogen-bond acceptors (Lipinski definition) is 18. The number of nitrogens with two attached hydrogens (primary N) is 1. The van der Waals surface area contributed by atoms with E-state index in [2.05, 4.69) is 76.5 Å². The highest BCUT2D eigenvalue weighted by atomic mass is 31.3. The van der Waals surface area contributed by atoms with E-state index in [0.717, 1.165) is 91.1 Å². The molecule has 1 amide bonds. The predicted octanol–water partition coefficient (Wildman–Crippen LogP) is 3.67. The summed E-state index contributed by atoms with van der Waals surface area (Å²) in [5, 5.41) is 36.5. The number of benzene rings is 3. The molecule has 75 heavy (non-hydrogen) atoms. The fourth-order valence-electron chi connectivity index (χ4n) is 9.94. The Morgan fingerprint density at radius 1 is 0.867 bits per heavy atom. The Morgan fingerprint density at radius 2 is 1.63 bits per heavy atom. The molecule has 3 unspecified atom stereocenters. The highest BCUT2D eigenvalue weighted by molar-refractivity contribution is 7.66. The maximum atomic E-state index is 13.7. The Hall–Kier alpha value is -5.49. The number of carboxylic acids is 1. The van der Waals surface area contributed by atoms with E-state index in [-0.39, 0.29) is 41.1 Å². The summed E-state index contributed by atoms with van der Waals surface area (Å²) < 4.78 is 71.3. The molecule has 28 heteroatoms. The standard InChI is InChI=1S/C47H57N8O17P3/c1-3-53-16-9-11-27-19-32-36(22-34(27)53)69-37-23-35-28(12-10-17-54(35)4-2)20-33(37)39(32)31-21-29(13-14-30(31)47(59)60)45(58)49-15-7-5-6-8-18-67-73(61,62)71-75(65,66)72-74(63,64)68-24-38-41(56)42(57)46(70-38)55-26-52-40-43(48)50-25-51-44(40)55/h13-14,19-23,25-26,38,41-42,46,56-57H,3-12,15-18,24H2,1-2H3,(H6-,48,49,50,51,58,59,60,61,62,63,64,65,66)/p+1/t38-,41-,42-,46-/m1/s1. The van der Waals surface area contributed by atoms with Gasteiger partial charge in [-0.1, -0.05) is 12.8 Å². The van der Waals surface area contributed by atoms with Crippen LogP contribution in [0.1, 0.15) is 102 Å². The lowest BCUT2D eigenvalue weighted by molar-refractivity contribution is -0.0503. The molecule has 9 N–H and O–H groups in total. The van der Waals surface area contributed by atoms with Gasteiger partial charge in [0.15, 0.2) is 17.7 Å². The molecule has 6 heterocycles. The summed E-state index contributed by atoms with van der Waals surface area (Å²) in [6.07, 6.45) is 1.32. The van der Waals surface area contributed by atoms with E-state index in [0.29, 0.717) is 41.9 Å². The van der Waals surface area contributed by atoms with Crippen LogP contribution in [0, 0.1) is 0 Å². The first-order valence-electron chi connectivity index (χ1n) is 24.5. The number of aliphatic hydroxyl groups is 2. The molecule has 0 spiro atoms. The molecule has 1 saturated heterocycles. The third kappa shape index (κ3) is 11.8. The highest BCUT2D eigenvalue weighted by Gasteiger charge is 2.47. The third-order valence-electron chi connectivity index (χ3n) is 13.5. The van der Waals surface area contributed by atoms with Crippen LogP contribution < -0.4 is 35.8 Å². The van der Waals surface area contributed by atoms with Crippen molar-refractivity contribution in [2.24, 2.45) is 0 Å². The number of nitrogen functional groups attached to an aromatic ring is 1. The smallest absolute Gasteiger partial charge is 0.478 e. The lowest BCUT2D eigenvalue weighted by Gasteiger charge is -2.32. The second-order valence-electron chi connectivity index (χ2n) is 18.4. The molecule has 402 valence electrons. The van der Waals surface area contributed by atoms with Gasteiger partial charge >= 0.3 is 29.4 Å². The molecule has 3 aromatic carbocycles. The molecule has 9 rings (SSSR count). The first kappa shape index (κ1) is 54.3. The van der Waals surface area contributed by atoms with Crippen molar-refractivity contribution in [2.75, 3.05) is 56.6 Å². The van der Waals surface area contributed by atoms with Gasteiger partial charge in [0.05, 0.1) is 31.2 Å². The number of aryl methyl sites for hydroxylation is 2. The number of nitrogens with zero attached hydrogens (tertiary/aromatic N) is 6. The number of carbonyl (C=O) groups is 2. The molecule has 2 aromatic heterocycles. The Kier molecular flexibility index (Phi) is 16.1. The second-order valence-corrected chi connectivity index (χ2v) is 23.0. The van der Waals surface area contributed by atoms with Gasteiger partial charge in [0.2, 0.25) is 5.36 Å². The van der Waals surface area contributed by atoms with Crippen LogP contribution >= 0.6 is 23.5 Å². The molecule has 0 bridgehead atoms. The van der Waals surface area contributed by atoms with Crippen LogP contribution in [-0.4, -0.2) is 126 Å². The zero-order valence-corrected chi connectivity index (χ0v) is 43.6. The lowest BCUT2D eigenvalue weighted by Crippen LogP contribution is -2.39. The molecule has 4 aliphatic heterocycles. The quantitative estimate of drug-likeness (QED) is 0.0289. The highest BCUT2D eigenvalue weighted by Crippen LogP contribution is 2.67. The molecular formula is C47H58N8O17P3+. The minimum absolute atomic E-state index is 0.0291. The van der Waals surface area contributed by atoms with Crippen LogP contribution in [0.3, 0.4) is 0 Å². The van der Waals surface area contributed by atoms with Gasteiger partial charge in [0.1, 0.15) is 54.7 Å². The van der Waals surface area contributed by atoms with Crippen molar-refractivity contribution < 1.29 is 80.4 Å². The summed E-state index contributed by atoms with van der Waals surface area (Å²) in [5.74, 6) is -0.322. The van der Waals surface area contributed by atoms with Crippen molar-refractivity contribution in [3.8, 4) is 11.5 Å². The van der Waals surface area contributed by atoms with Gasteiger partial charge in [-0.2, -0.15) is 8.62 Å². The van der Waals surface area contributed by atoms with E-state index in [1.54, 1.807) is 6.07 Å². The Labute approximate surface area is 429 Å². The van der Waals surface area contributed by atoms with Gasteiger partial charge in [-0.15, -0.1) is 0 Å². The summed E-state index contributed by atoms with van der Waals surface area (Å²) in [7, 11) is -16.8. The van der Waals surface area contributed by atoms with E-state index in [4.69, 9.17) is 24.3 Å². The number of anilines is 2. The van der Waals surface area contributed by atoms with E-state index in [1.165, 1.54) is 23.0 Å². The lowest BCUT2D eigenvalue weighted by atomic mass is 9.85.